The first-order valence-electron chi connectivity index (χ1n) is 8.09. The van der Waals surface area contributed by atoms with E-state index in [4.69, 9.17) is 4.74 Å². The molecule has 0 saturated carbocycles. The number of benzene rings is 1. The lowest BCUT2D eigenvalue weighted by molar-refractivity contribution is 0.357. The molecule has 1 aliphatic rings. The van der Waals surface area contributed by atoms with E-state index in [1.807, 2.05) is 45.3 Å². The van der Waals surface area contributed by atoms with Gasteiger partial charge in [0.25, 0.3) is 0 Å². The van der Waals surface area contributed by atoms with Crippen LogP contribution >= 0.6 is 0 Å². The summed E-state index contributed by atoms with van der Waals surface area (Å²) < 4.78 is 34.7. The van der Waals surface area contributed by atoms with Gasteiger partial charge in [-0.1, -0.05) is 12.1 Å². The second-order valence-corrected chi connectivity index (χ2v) is 8.17. The summed E-state index contributed by atoms with van der Waals surface area (Å²) in [5.74, 6) is 0.983. The van der Waals surface area contributed by atoms with Crippen molar-refractivity contribution in [1.82, 2.24) is 14.5 Å². The van der Waals surface area contributed by atoms with E-state index >= 15 is 0 Å². The predicted molar refractivity (Wildman–Crippen MR) is 92.6 cm³/mol. The molecule has 6 nitrogen and oxygen atoms in total. The fourth-order valence-electron chi connectivity index (χ4n) is 3.08. The molecule has 24 heavy (non-hydrogen) atoms. The number of ether oxygens (including phenoxy) is 1. The summed E-state index contributed by atoms with van der Waals surface area (Å²) in [6.45, 7) is 4.43. The molecule has 1 aromatic carbocycles. The van der Waals surface area contributed by atoms with Crippen molar-refractivity contribution in [3.8, 4) is 5.75 Å². The molecule has 7 heteroatoms. The van der Waals surface area contributed by atoms with Crippen molar-refractivity contribution in [3.63, 3.8) is 0 Å². The van der Waals surface area contributed by atoms with Gasteiger partial charge in [-0.2, -0.15) is 5.10 Å². The average molecular weight is 349 g/mol. The first-order chi connectivity index (χ1) is 11.3. The minimum absolute atomic E-state index is 0.0658. The largest absolute Gasteiger partial charge is 0.493 e. The Bertz CT molecular complexity index is 843. The summed E-state index contributed by atoms with van der Waals surface area (Å²) in [5.41, 5.74) is 3.93. The molecule has 0 unspecified atom stereocenters. The number of aromatic nitrogens is 2. The Morgan fingerprint density at radius 1 is 1.42 bits per heavy atom. The number of hydrogen-bond acceptors (Lipinski definition) is 4. The SMILES string of the molecule is Cc1nn(C)cc1[C@@H](C)NS(=O)(=O)CCc1ccc2c(c1)CCO2. The lowest BCUT2D eigenvalue weighted by Crippen LogP contribution is -2.30. The van der Waals surface area contributed by atoms with Gasteiger partial charge in [0.15, 0.2) is 0 Å². The van der Waals surface area contributed by atoms with E-state index in [9.17, 15) is 8.42 Å². The van der Waals surface area contributed by atoms with Crippen LogP contribution in [0.15, 0.2) is 24.4 Å². The van der Waals surface area contributed by atoms with Gasteiger partial charge >= 0.3 is 0 Å². The molecule has 1 aromatic heterocycles. The molecule has 0 amide bonds. The number of nitrogens with one attached hydrogen (secondary N) is 1. The van der Waals surface area contributed by atoms with Gasteiger partial charge in [-0.05, 0) is 37.5 Å². The third kappa shape index (κ3) is 3.79. The van der Waals surface area contributed by atoms with Crippen LogP contribution in [0.5, 0.6) is 5.75 Å². The third-order valence-electron chi connectivity index (χ3n) is 4.29. The van der Waals surface area contributed by atoms with E-state index in [0.29, 0.717) is 13.0 Å². The minimum atomic E-state index is -3.37. The van der Waals surface area contributed by atoms with Crippen LogP contribution in [0, 0.1) is 6.92 Å². The van der Waals surface area contributed by atoms with Crippen LogP contribution < -0.4 is 9.46 Å². The molecule has 0 bridgehead atoms. The molecular formula is C17H23N3O3S. The quantitative estimate of drug-likeness (QED) is 0.864. The van der Waals surface area contributed by atoms with Gasteiger partial charge in [0.2, 0.25) is 10.0 Å². The van der Waals surface area contributed by atoms with Gasteiger partial charge in [-0.25, -0.2) is 13.1 Å². The Hall–Kier alpha value is -1.86. The molecule has 0 saturated heterocycles. The van der Waals surface area contributed by atoms with Gasteiger partial charge in [0.1, 0.15) is 5.75 Å². The van der Waals surface area contributed by atoms with E-state index < -0.39 is 10.0 Å². The maximum Gasteiger partial charge on any atom is 0.212 e. The van der Waals surface area contributed by atoms with Crippen LogP contribution in [0.2, 0.25) is 0 Å². The zero-order valence-electron chi connectivity index (χ0n) is 14.2. The molecule has 0 radical (unpaired) electrons. The lowest BCUT2D eigenvalue weighted by Gasteiger charge is -2.14. The highest BCUT2D eigenvalue weighted by Gasteiger charge is 2.19. The molecule has 2 heterocycles. The zero-order valence-corrected chi connectivity index (χ0v) is 15.1. The smallest absolute Gasteiger partial charge is 0.212 e. The number of fused-ring (bicyclic) bond motifs is 1. The van der Waals surface area contributed by atoms with E-state index in [1.54, 1.807) is 4.68 Å². The van der Waals surface area contributed by atoms with Crippen LogP contribution in [-0.4, -0.2) is 30.6 Å². The molecule has 1 N–H and O–H groups in total. The van der Waals surface area contributed by atoms with Gasteiger partial charge in [0.05, 0.1) is 18.1 Å². The summed E-state index contributed by atoms with van der Waals surface area (Å²) >= 11 is 0. The number of nitrogens with zero attached hydrogens (tertiary/aromatic N) is 2. The topological polar surface area (TPSA) is 73.2 Å². The summed E-state index contributed by atoms with van der Waals surface area (Å²) in [4.78, 5) is 0. The van der Waals surface area contributed by atoms with Gasteiger partial charge in [-0.3, -0.25) is 4.68 Å². The van der Waals surface area contributed by atoms with Crippen molar-refractivity contribution in [1.29, 1.82) is 0 Å². The van der Waals surface area contributed by atoms with E-state index in [1.165, 1.54) is 0 Å². The zero-order chi connectivity index (χ0) is 17.3. The van der Waals surface area contributed by atoms with Crippen molar-refractivity contribution in [2.75, 3.05) is 12.4 Å². The monoisotopic (exact) mass is 349 g/mol. The summed E-state index contributed by atoms with van der Waals surface area (Å²) in [6.07, 6.45) is 3.23. The fraction of sp³-hybridized carbons (Fsp3) is 0.471. The summed E-state index contributed by atoms with van der Waals surface area (Å²) in [6, 6.07) is 5.62. The van der Waals surface area contributed by atoms with Gasteiger partial charge in [-0.15, -0.1) is 0 Å². The molecule has 0 fully saturated rings. The van der Waals surface area contributed by atoms with Crippen molar-refractivity contribution in [2.24, 2.45) is 7.05 Å². The molecular weight excluding hydrogens is 326 g/mol. The molecule has 1 aliphatic heterocycles. The van der Waals surface area contributed by atoms with Crippen LogP contribution in [0.25, 0.3) is 0 Å². The second-order valence-electron chi connectivity index (χ2n) is 6.29. The predicted octanol–water partition coefficient (Wildman–Crippen LogP) is 1.89. The van der Waals surface area contributed by atoms with Crippen molar-refractivity contribution >= 4 is 10.0 Å². The maximum absolute atomic E-state index is 12.4. The molecule has 130 valence electrons. The van der Waals surface area contributed by atoms with Crippen LogP contribution in [-0.2, 0) is 29.9 Å². The molecule has 1 atom stereocenters. The van der Waals surface area contributed by atoms with Crippen molar-refractivity contribution in [3.05, 3.63) is 46.8 Å². The van der Waals surface area contributed by atoms with Crippen LogP contribution in [0.4, 0.5) is 0 Å². The third-order valence-corrected chi connectivity index (χ3v) is 5.74. The maximum atomic E-state index is 12.4. The summed E-state index contributed by atoms with van der Waals surface area (Å²) in [5, 5.41) is 4.26. The minimum Gasteiger partial charge on any atom is -0.493 e. The van der Waals surface area contributed by atoms with E-state index in [0.717, 1.165) is 34.6 Å². The Morgan fingerprint density at radius 3 is 2.92 bits per heavy atom. The first kappa shape index (κ1) is 17.0. The normalized spacial score (nSPS) is 15.1. The lowest BCUT2D eigenvalue weighted by atomic mass is 10.1. The summed E-state index contributed by atoms with van der Waals surface area (Å²) in [7, 11) is -1.54. The number of rotatable bonds is 6. The molecule has 0 aliphatic carbocycles. The molecule has 0 spiro atoms. The highest BCUT2D eigenvalue weighted by atomic mass is 32.2. The van der Waals surface area contributed by atoms with E-state index in [-0.39, 0.29) is 11.8 Å². The number of hydrogen-bond donors (Lipinski definition) is 1. The van der Waals surface area contributed by atoms with Gasteiger partial charge < -0.3 is 4.74 Å². The first-order valence-corrected chi connectivity index (χ1v) is 9.74. The Kier molecular flexibility index (Phi) is 4.64. The Balaban J connectivity index is 1.62. The second kappa shape index (κ2) is 6.57. The fourth-order valence-corrected chi connectivity index (χ4v) is 4.37. The van der Waals surface area contributed by atoms with Crippen molar-refractivity contribution in [2.45, 2.75) is 32.7 Å². The van der Waals surface area contributed by atoms with Crippen LogP contribution in [0.1, 0.15) is 35.3 Å². The van der Waals surface area contributed by atoms with Gasteiger partial charge in [0, 0.05) is 31.3 Å². The van der Waals surface area contributed by atoms with Crippen LogP contribution in [0.3, 0.4) is 0 Å². The Labute approximate surface area is 142 Å². The number of sulfonamides is 1. The Morgan fingerprint density at radius 2 is 2.21 bits per heavy atom. The number of aryl methyl sites for hydroxylation is 3. The highest BCUT2D eigenvalue weighted by molar-refractivity contribution is 7.89. The molecule has 2 aromatic rings. The standard InChI is InChI=1S/C17H23N3O3S/c1-12-16(11-20(3)18-12)13(2)19-24(21,22)9-7-14-4-5-17-15(10-14)6-8-23-17/h4-5,10-11,13,19H,6-9H2,1-3H3/t13-/m1/s1. The average Bonchev–Trinajstić information content (AvgIpc) is 3.10. The molecule has 3 rings (SSSR count). The van der Waals surface area contributed by atoms with Crippen molar-refractivity contribution < 1.29 is 13.2 Å². The van der Waals surface area contributed by atoms with E-state index in [2.05, 4.69) is 9.82 Å². The highest BCUT2D eigenvalue weighted by Crippen LogP contribution is 2.26.